The first kappa shape index (κ1) is 19.5. The molecule has 0 radical (unpaired) electrons. The maximum absolute atomic E-state index is 12.2. The number of fused-ring (bicyclic) bond motifs is 1. The van der Waals surface area contributed by atoms with Gasteiger partial charge >= 0.3 is 0 Å². The Morgan fingerprint density at radius 1 is 1.19 bits per heavy atom. The Labute approximate surface area is 182 Å². The Balaban J connectivity index is 1.58. The molecule has 2 aliphatic rings. The van der Waals surface area contributed by atoms with Gasteiger partial charge < -0.3 is 10.2 Å². The zero-order chi connectivity index (χ0) is 21.6. The zero-order valence-electron chi connectivity index (χ0n) is 17.9. The highest BCUT2D eigenvalue weighted by molar-refractivity contribution is 6.00. The SMILES string of the molecule is [C-]#[N+]c1nc(-c2ccc3c(c2)C(=O)NC3)c(-c2cnn(CC3(C)CCCC3)c2)cc1C. The number of hydrogen-bond acceptors (Lipinski definition) is 3. The molecule has 156 valence electrons. The van der Waals surface area contributed by atoms with Crippen molar-refractivity contribution < 1.29 is 4.79 Å². The second-order valence-electron chi connectivity index (χ2n) is 9.14. The molecule has 1 aromatic carbocycles. The van der Waals surface area contributed by atoms with Gasteiger partial charge in [-0.25, -0.2) is 0 Å². The van der Waals surface area contributed by atoms with Crippen molar-refractivity contribution in [1.29, 1.82) is 0 Å². The molecule has 0 bridgehead atoms. The summed E-state index contributed by atoms with van der Waals surface area (Å²) in [5, 5.41) is 7.50. The summed E-state index contributed by atoms with van der Waals surface area (Å²) < 4.78 is 2.04. The molecular formula is C25H25N5O. The summed E-state index contributed by atoms with van der Waals surface area (Å²) in [6.07, 6.45) is 9.04. The third-order valence-corrected chi connectivity index (χ3v) is 6.66. The maximum Gasteiger partial charge on any atom is 0.273 e. The number of amides is 1. The highest BCUT2D eigenvalue weighted by atomic mass is 16.1. The molecule has 2 aromatic heterocycles. The minimum Gasteiger partial charge on any atom is -0.360 e. The Hall–Kier alpha value is -3.46. The number of hydrogen-bond donors (Lipinski definition) is 1. The fourth-order valence-electron chi connectivity index (χ4n) is 4.88. The Morgan fingerprint density at radius 3 is 2.77 bits per heavy atom. The predicted octanol–water partition coefficient (Wildman–Crippen LogP) is 5.30. The van der Waals surface area contributed by atoms with Crippen LogP contribution in [-0.4, -0.2) is 20.7 Å². The molecule has 3 heterocycles. The smallest absolute Gasteiger partial charge is 0.273 e. The monoisotopic (exact) mass is 411 g/mol. The summed E-state index contributed by atoms with van der Waals surface area (Å²) in [7, 11) is 0. The van der Waals surface area contributed by atoms with Crippen LogP contribution in [0.5, 0.6) is 0 Å². The van der Waals surface area contributed by atoms with E-state index in [-0.39, 0.29) is 5.91 Å². The minimum atomic E-state index is -0.0615. The minimum absolute atomic E-state index is 0.0615. The molecule has 1 saturated carbocycles. The summed E-state index contributed by atoms with van der Waals surface area (Å²) >= 11 is 0. The van der Waals surface area contributed by atoms with Gasteiger partial charge in [0.05, 0.1) is 6.20 Å². The lowest BCUT2D eigenvalue weighted by Gasteiger charge is -2.22. The van der Waals surface area contributed by atoms with Gasteiger partial charge in [0.1, 0.15) is 0 Å². The van der Waals surface area contributed by atoms with Crippen LogP contribution in [0.1, 0.15) is 54.1 Å². The molecule has 5 rings (SSSR count). The van der Waals surface area contributed by atoms with Crippen molar-refractivity contribution in [1.82, 2.24) is 20.1 Å². The standard InChI is InChI=1S/C25H25N5O/c1-16-10-20(19-13-28-30(14-19)15-25(2)8-4-5-9-25)22(29-23(16)26-3)17-6-7-18-12-27-24(31)21(18)11-17/h6-7,10-11,13-14H,4-5,8-9,12,15H2,1-2H3,(H,27,31). The average Bonchev–Trinajstić information content (AvgIpc) is 3.49. The number of aryl methyl sites for hydroxylation is 1. The van der Waals surface area contributed by atoms with Gasteiger partial charge in [-0.3, -0.25) is 9.48 Å². The third kappa shape index (κ3) is 3.50. The quantitative estimate of drug-likeness (QED) is 0.593. The third-order valence-electron chi connectivity index (χ3n) is 6.66. The van der Waals surface area contributed by atoms with Crippen LogP contribution in [-0.2, 0) is 13.1 Å². The second kappa shape index (κ2) is 7.35. The summed E-state index contributed by atoms with van der Waals surface area (Å²) in [6, 6.07) is 7.85. The molecule has 1 aliphatic heterocycles. The summed E-state index contributed by atoms with van der Waals surface area (Å²) in [5.74, 6) is 0.322. The molecule has 1 N–H and O–H groups in total. The van der Waals surface area contributed by atoms with Crippen LogP contribution in [0.15, 0.2) is 36.7 Å². The van der Waals surface area contributed by atoms with Crippen molar-refractivity contribution in [2.75, 3.05) is 0 Å². The maximum atomic E-state index is 12.2. The Bertz CT molecular complexity index is 1230. The van der Waals surface area contributed by atoms with Crippen LogP contribution in [0.2, 0.25) is 0 Å². The number of nitrogens with zero attached hydrogens (tertiary/aromatic N) is 4. The van der Waals surface area contributed by atoms with E-state index in [9.17, 15) is 4.79 Å². The van der Waals surface area contributed by atoms with Gasteiger partial charge in [0.25, 0.3) is 11.7 Å². The van der Waals surface area contributed by atoms with Crippen molar-refractivity contribution in [2.24, 2.45) is 5.41 Å². The van der Waals surface area contributed by atoms with E-state index in [1.807, 2.05) is 42.1 Å². The van der Waals surface area contributed by atoms with Gasteiger partial charge in [0.15, 0.2) is 5.69 Å². The van der Waals surface area contributed by atoms with Crippen molar-refractivity contribution in [2.45, 2.75) is 52.6 Å². The van der Waals surface area contributed by atoms with Gasteiger partial charge in [0, 0.05) is 41.5 Å². The van der Waals surface area contributed by atoms with Gasteiger partial charge in [-0.05, 0) is 42.4 Å². The topological polar surface area (TPSA) is 64.2 Å². The fourth-order valence-corrected chi connectivity index (χ4v) is 4.88. The van der Waals surface area contributed by atoms with E-state index in [4.69, 9.17) is 11.6 Å². The number of carbonyl (C=O) groups is 1. The average molecular weight is 412 g/mol. The molecule has 0 saturated heterocycles. The van der Waals surface area contributed by atoms with Crippen molar-refractivity contribution in [3.63, 3.8) is 0 Å². The highest BCUT2D eigenvalue weighted by Crippen LogP contribution is 2.40. The number of nitrogens with one attached hydrogen (secondary N) is 1. The molecular weight excluding hydrogens is 386 g/mol. The van der Waals surface area contributed by atoms with Crippen LogP contribution >= 0.6 is 0 Å². The number of pyridine rings is 1. The number of rotatable bonds is 4. The van der Waals surface area contributed by atoms with E-state index >= 15 is 0 Å². The molecule has 0 unspecified atom stereocenters. The van der Waals surface area contributed by atoms with Crippen LogP contribution < -0.4 is 5.32 Å². The Kier molecular flexibility index (Phi) is 4.62. The molecule has 1 aliphatic carbocycles. The van der Waals surface area contributed by atoms with E-state index in [1.54, 1.807) is 0 Å². The molecule has 1 fully saturated rings. The molecule has 0 spiro atoms. The van der Waals surface area contributed by atoms with Crippen LogP contribution in [0, 0.1) is 18.9 Å². The summed E-state index contributed by atoms with van der Waals surface area (Å²) in [6.45, 7) is 13.2. The van der Waals surface area contributed by atoms with E-state index in [0.717, 1.165) is 34.4 Å². The van der Waals surface area contributed by atoms with E-state index in [2.05, 4.69) is 28.4 Å². The van der Waals surface area contributed by atoms with Crippen LogP contribution in [0.25, 0.3) is 27.2 Å². The molecule has 31 heavy (non-hydrogen) atoms. The first-order valence-corrected chi connectivity index (χ1v) is 10.8. The van der Waals surface area contributed by atoms with Crippen LogP contribution in [0.4, 0.5) is 5.82 Å². The van der Waals surface area contributed by atoms with Gasteiger partial charge in [0.2, 0.25) is 0 Å². The normalized spacial score (nSPS) is 16.7. The molecule has 3 aromatic rings. The zero-order valence-corrected chi connectivity index (χ0v) is 17.9. The number of aromatic nitrogens is 3. The summed E-state index contributed by atoms with van der Waals surface area (Å²) in [4.78, 5) is 20.5. The number of benzene rings is 1. The molecule has 1 amide bonds. The predicted molar refractivity (Wildman–Crippen MR) is 120 cm³/mol. The lowest BCUT2D eigenvalue weighted by atomic mass is 9.89. The lowest BCUT2D eigenvalue weighted by molar-refractivity contribution is 0.0966. The molecule has 6 nitrogen and oxygen atoms in total. The van der Waals surface area contributed by atoms with E-state index < -0.39 is 0 Å². The Morgan fingerprint density at radius 2 is 2.00 bits per heavy atom. The van der Waals surface area contributed by atoms with Crippen LogP contribution in [0.3, 0.4) is 0 Å². The van der Waals surface area contributed by atoms with Crippen molar-refractivity contribution in [3.05, 3.63) is 64.8 Å². The fraction of sp³-hybridized carbons (Fsp3) is 0.360. The van der Waals surface area contributed by atoms with Gasteiger partial charge in [-0.1, -0.05) is 44.5 Å². The van der Waals surface area contributed by atoms with Crippen molar-refractivity contribution >= 4 is 11.7 Å². The molecule has 0 atom stereocenters. The first-order valence-electron chi connectivity index (χ1n) is 10.8. The van der Waals surface area contributed by atoms with Gasteiger partial charge in [-0.15, -0.1) is 4.98 Å². The largest absolute Gasteiger partial charge is 0.360 e. The lowest BCUT2D eigenvalue weighted by Crippen LogP contribution is -2.19. The van der Waals surface area contributed by atoms with Gasteiger partial charge in [-0.2, -0.15) is 5.10 Å². The molecule has 6 heteroatoms. The number of carbonyl (C=O) groups excluding carboxylic acids is 1. The second-order valence-corrected chi connectivity index (χ2v) is 9.14. The first-order chi connectivity index (χ1) is 15.0. The van der Waals surface area contributed by atoms with E-state index in [0.29, 0.717) is 29.0 Å². The highest BCUT2D eigenvalue weighted by Gasteiger charge is 2.29. The summed E-state index contributed by atoms with van der Waals surface area (Å²) in [5.41, 5.74) is 6.28. The van der Waals surface area contributed by atoms with E-state index in [1.165, 1.54) is 25.7 Å². The van der Waals surface area contributed by atoms with Crippen molar-refractivity contribution in [3.8, 4) is 22.4 Å².